The van der Waals surface area contributed by atoms with E-state index in [1.807, 2.05) is 30.3 Å². The number of hydrogen-bond donors (Lipinski definition) is 1. The molecule has 1 N–H and O–H groups in total. The van der Waals surface area contributed by atoms with Gasteiger partial charge < -0.3 is 14.4 Å². The number of carbonyl (C=O) groups is 1. The van der Waals surface area contributed by atoms with E-state index in [0.717, 1.165) is 5.56 Å². The van der Waals surface area contributed by atoms with Crippen molar-refractivity contribution in [3.05, 3.63) is 54.1 Å². The minimum absolute atomic E-state index is 0.0137. The van der Waals surface area contributed by atoms with Gasteiger partial charge in [-0.25, -0.2) is 13.1 Å². The molecule has 0 aliphatic carbocycles. The van der Waals surface area contributed by atoms with Crippen molar-refractivity contribution in [1.29, 1.82) is 0 Å². The van der Waals surface area contributed by atoms with Crippen LogP contribution in [0.1, 0.15) is 12.0 Å². The highest BCUT2D eigenvalue weighted by molar-refractivity contribution is 7.89. The summed E-state index contributed by atoms with van der Waals surface area (Å²) in [6, 6.07) is 14.3. The highest BCUT2D eigenvalue weighted by Gasteiger charge is 2.31. The van der Waals surface area contributed by atoms with E-state index in [1.165, 1.54) is 20.3 Å². The Hall–Kier alpha value is -2.58. The summed E-state index contributed by atoms with van der Waals surface area (Å²) < 4.78 is 38.4. The first-order chi connectivity index (χ1) is 13.4. The van der Waals surface area contributed by atoms with E-state index >= 15 is 0 Å². The molecule has 0 bridgehead atoms. The number of benzene rings is 2. The second-order valence-electron chi connectivity index (χ2n) is 6.70. The normalized spacial score (nSPS) is 17.0. The molecule has 2 aromatic carbocycles. The minimum Gasteiger partial charge on any atom is -0.497 e. The Morgan fingerprint density at radius 3 is 2.54 bits per heavy atom. The summed E-state index contributed by atoms with van der Waals surface area (Å²) in [5.41, 5.74) is 1.05. The maximum absolute atomic E-state index is 12.7. The molecule has 1 atom stereocenters. The van der Waals surface area contributed by atoms with Gasteiger partial charge in [0.2, 0.25) is 15.9 Å². The number of methoxy groups -OCH3 is 2. The van der Waals surface area contributed by atoms with Gasteiger partial charge >= 0.3 is 0 Å². The van der Waals surface area contributed by atoms with Crippen LogP contribution in [0.2, 0.25) is 0 Å². The average molecular weight is 404 g/mol. The van der Waals surface area contributed by atoms with Crippen molar-refractivity contribution >= 4 is 15.9 Å². The zero-order valence-electron chi connectivity index (χ0n) is 15.9. The van der Waals surface area contributed by atoms with Gasteiger partial charge in [0.05, 0.1) is 14.2 Å². The summed E-state index contributed by atoms with van der Waals surface area (Å²) in [6.45, 7) is 1.23. The number of amides is 1. The standard InChI is InChI=1S/C20H24N2O5S/c1-26-17-8-9-18(27-2)19(11-17)28(24,25)21-12-16-10-20(23)22(14-16)13-15-6-4-3-5-7-15/h3-9,11,16,21H,10,12-14H2,1-2H3. The molecule has 1 saturated heterocycles. The Morgan fingerprint density at radius 1 is 1.11 bits per heavy atom. The molecule has 0 saturated carbocycles. The van der Waals surface area contributed by atoms with Gasteiger partial charge in [-0.2, -0.15) is 0 Å². The molecule has 0 spiro atoms. The van der Waals surface area contributed by atoms with Gasteiger partial charge in [-0.3, -0.25) is 4.79 Å². The van der Waals surface area contributed by atoms with E-state index in [-0.39, 0.29) is 29.0 Å². The monoisotopic (exact) mass is 404 g/mol. The summed E-state index contributed by atoms with van der Waals surface area (Å²) >= 11 is 0. The Labute approximate surface area is 165 Å². The van der Waals surface area contributed by atoms with Crippen LogP contribution in [0.5, 0.6) is 11.5 Å². The van der Waals surface area contributed by atoms with E-state index in [2.05, 4.69) is 4.72 Å². The number of rotatable bonds is 8. The fraction of sp³-hybridized carbons (Fsp3) is 0.350. The molecular weight excluding hydrogens is 380 g/mol. The smallest absolute Gasteiger partial charge is 0.244 e. The lowest BCUT2D eigenvalue weighted by molar-refractivity contribution is -0.128. The van der Waals surface area contributed by atoms with Crippen LogP contribution in [0.15, 0.2) is 53.4 Å². The Bertz CT molecular complexity index is 931. The van der Waals surface area contributed by atoms with Crippen molar-refractivity contribution in [2.24, 2.45) is 5.92 Å². The van der Waals surface area contributed by atoms with Crippen molar-refractivity contribution in [2.75, 3.05) is 27.3 Å². The lowest BCUT2D eigenvalue weighted by atomic mass is 10.1. The molecule has 0 radical (unpaired) electrons. The predicted octanol–water partition coefficient (Wildman–Crippen LogP) is 2.03. The van der Waals surface area contributed by atoms with E-state index in [9.17, 15) is 13.2 Å². The van der Waals surface area contributed by atoms with Gasteiger partial charge in [0.25, 0.3) is 0 Å². The zero-order valence-corrected chi connectivity index (χ0v) is 16.7. The summed E-state index contributed by atoms with van der Waals surface area (Å²) in [7, 11) is -0.918. The van der Waals surface area contributed by atoms with E-state index < -0.39 is 10.0 Å². The third kappa shape index (κ3) is 4.63. The van der Waals surface area contributed by atoms with Crippen molar-refractivity contribution in [3.63, 3.8) is 0 Å². The molecule has 7 nitrogen and oxygen atoms in total. The number of carbonyl (C=O) groups excluding carboxylic acids is 1. The predicted molar refractivity (Wildman–Crippen MR) is 105 cm³/mol. The summed E-state index contributed by atoms with van der Waals surface area (Å²) in [6.07, 6.45) is 0.324. The maximum Gasteiger partial charge on any atom is 0.244 e. The van der Waals surface area contributed by atoms with Crippen molar-refractivity contribution in [1.82, 2.24) is 9.62 Å². The molecule has 0 aromatic heterocycles. The highest BCUT2D eigenvalue weighted by Crippen LogP contribution is 2.28. The topological polar surface area (TPSA) is 84.9 Å². The molecular formula is C20H24N2O5S. The Kier molecular flexibility index (Phi) is 6.21. The minimum atomic E-state index is -3.80. The van der Waals surface area contributed by atoms with Crippen LogP contribution < -0.4 is 14.2 Å². The molecule has 1 unspecified atom stereocenters. The highest BCUT2D eigenvalue weighted by atomic mass is 32.2. The van der Waals surface area contributed by atoms with Crippen LogP contribution in [-0.4, -0.2) is 46.5 Å². The lowest BCUT2D eigenvalue weighted by Gasteiger charge is -2.17. The van der Waals surface area contributed by atoms with Crippen LogP contribution in [0, 0.1) is 5.92 Å². The maximum atomic E-state index is 12.7. The lowest BCUT2D eigenvalue weighted by Crippen LogP contribution is -2.31. The van der Waals surface area contributed by atoms with Crippen LogP contribution in [-0.2, 0) is 21.4 Å². The van der Waals surface area contributed by atoms with Crippen molar-refractivity contribution in [3.8, 4) is 11.5 Å². The van der Waals surface area contributed by atoms with Gasteiger partial charge in [0.1, 0.15) is 16.4 Å². The van der Waals surface area contributed by atoms with E-state index in [1.54, 1.807) is 17.0 Å². The molecule has 2 aromatic rings. The summed E-state index contributed by atoms with van der Waals surface area (Å²) in [4.78, 5) is 14.1. The van der Waals surface area contributed by atoms with Crippen LogP contribution in [0.25, 0.3) is 0 Å². The molecule has 1 amide bonds. The largest absolute Gasteiger partial charge is 0.497 e. The van der Waals surface area contributed by atoms with Gasteiger partial charge in [0, 0.05) is 32.1 Å². The van der Waals surface area contributed by atoms with E-state index in [0.29, 0.717) is 25.3 Å². The number of likely N-dealkylation sites (tertiary alicyclic amines) is 1. The fourth-order valence-corrected chi connectivity index (χ4v) is 4.54. The molecule has 150 valence electrons. The third-order valence-electron chi connectivity index (χ3n) is 4.73. The van der Waals surface area contributed by atoms with Gasteiger partial charge in [-0.15, -0.1) is 0 Å². The molecule has 8 heteroatoms. The van der Waals surface area contributed by atoms with Gasteiger partial charge in [-0.05, 0) is 23.6 Å². The molecule has 1 aliphatic heterocycles. The molecule has 1 heterocycles. The number of nitrogens with one attached hydrogen (secondary N) is 1. The first kappa shape index (κ1) is 20.2. The van der Waals surface area contributed by atoms with Crippen molar-refractivity contribution < 1.29 is 22.7 Å². The number of nitrogens with zero attached hydrogens (tertiary/aromatic N) is 1. The quantitative estimate of drug-likeness (QED) is 0.728. The fourth-order valence-electron chi connectivity index (χ4n) is 3.25. The second-order valence-corrected chi connectivity index (χ2v) is 8.43. The molecule has 28 heavy (non-hydrogen) atoms. The van der Waals surface area contributed by atoms with Gasteiger partial charge in [-0.1, -0.05) is 30.3 Å². The van der Waals surface area contributed by atoms with Crippen LogP contribution in [0.3, 0.4) is 0 Å². The molecule has 1 fully saturated rings. The van der Waals surface area contributed by atoms with Crippen molar-refractivity contribution in [2.45, 2.75) is 17.9 Å². The Morgan fingerprint density at radius 2 is 1.86 bits per heavy atom. The molecule has 1 aliphatic rings. The first-order valence-electron chi connectivity index (χ1n) is 8.96. The zero-order chi connectivity index (χ0) is 20.1. The second kappa shape index (κ2) is 8.62. The third-order valence-corrected chi connectivity index (χ3v) is 6.18. The number of hydrogen-bond acceptors (Lipinski definition) is 5. The Balaban J connectivity index is 1.64. The van der Waals surface area contributed by atoms with Crippen LogP contribution >= 0.6 is 0 Å². The summed E-state index contributed by atoms with van der Waals surface area (Å²) in [5.74, 6) is 0.613. The number of ether oxygens (including phenoxy) is 2. The average Bonchev–Trinajstić information content (AvgIpc) is 3.06. The number of sulfonamides is 1. The molecule has 3 rings (SSSR count). The SMILES string of the molecule is COc1ccc(OC)c(S(=O)(=O)NCC2CC(=O)N(Cc3ccccc3)C2)c1. The van der Waals surface area contributed by atoms with Gasteiger partial charge in [0.15, 0.2) is 0 Å². The van der Waals surface area contributed by atoms with E-state index in [4.69, 9.17) is 9.47 Å². The van der Waals surface area contributed by atoms with Crippen LogP contribution in [0.4, 0.5) is 0 Å². The first-order valence-corrected chi connectivity index (χ1v) is 10.4. The summed E-state index contributed by atoms with van der Waals surface area (Å²) in [5, 5.41) is 0.